The molecule has 0 aliphatic carbocycles. The predicted octanol–water partition coefficient (Wildman–Crippen LogP) is 2.69. The van der Waals surface area contributed by atoms with E-state index in [0.717, 1.165) is 44.3 Å². The van der Waals surface area contributed by atoms with Crippen molar-refractivity contribution in [3.05, 3.63) is 47.5 Å². The monoisotopic (exact) mass is 372 g/mol. The number of carbonyl (C=O) groups is 1. The molecular formula is C20H25FN4O2. The maximum Gasteiger partial charge on any atom is 0.276 e. The molecule has 144 valence electrons. The van der Waals surface area contributed by atoms with Crippen LogP contribution in [0.3, 0.4) is 0 Å². The third kappa shape index (κ3) is 4.35. The highest BCUT2D eigenvalue weighted by atomic mass is 19.1. The van der Waals surface area contributed by atoms with Crippen molar-refractivity contribution in [2.45, 2.75) is 44.8 Å². The van der Waals surface area contributed by atoms with E-state index < -0.39 is 0 Å². The lowest BCUT2D eigenvalue weighted by Gasteiger charge is -2.31. The number of piperidine rings is 1. The second kappa shape index (κ2) is 8.17. The number of amides is 1. The van der Waals surface area contributed by atoms with E-state index in [1.807, 2.05) is 17.0 Å². The molecule has 0 radical (unpaired) electrons. The van der Waals surface area contributed by atoms with E-state index in [1.54, 1.807) is 16.9 Å². The van der Waals surface area contributed by atoms with Gasteiger partial charge in [0.2, 0.25) is 0 Å². The van der Waals surface area contributed by atoms with Crippen molar-refractivity contribution in [1.82, 2.24) is 19.9 Å². The molecule has 4 rings (SSSR count). The molecule has 1 unspecified atom stereocenters. The molecule has 2 aliphatic heterocycles. The Morgan fingerprint density at radius 1 is 1.22 bits per heavy atom. The predicted molar refractivity (Wildman–Crippen MR) is 97.7 cm³/mol. The second-order valence-electron chi connectivity index (χ2n) is 7.49. The minimum absolute atomic E-state index is 0.0714. The Bertz CT molecular complexity index is 780. The van der Waals surface area contributed by atoms with Crippen LogP contribution in [0.15, 0.2) is 30.5 Å². The minimum atomic E-state index is -0.140. The van der Waals surface area contributed by atoms with Crippen LogP contribution in [0.2, 0.25) is 0 Å². The lowest BCUT2D eigenvalue weighted by Crippen LogP contribution is -2.39. The summed E-state index contributed by atoms with van der Waals surface area (Å²) in [4.78, 5) is 14.5. The van der Waals surface area contributed by atoms with Crippen molar-refractivity contribution in [2.24, 2.45) is 5.92 Å². The second-order valence-corrected chi connectivity index (χ2v) is 7.49. The van der Waals surface area contributed by atoms with Crippen LogP contribution in [0, 0.1) is 11.7 Å². The van der Waals surface area contributed by atoms with E-state index in [2.05, 4.69) is 10.3 Å². The third-order valence-electron chi connectivity index (χ3n) is 5.54. The molecule has 2 fully saturated rings. The van der Waals surface area contributed by atoms with Crippen molar-refractivity contribution in [2.75, 3.05) is 19.7 Å². The Morgan fingerprint density at radius 2 is 2.04 bits per heavy atom. The molecule has 27 heavy (non-hydrogen) atoms. The quantitative estimate of drug-likeness (QED) is 0.810. The average Bonchev–Trinajstić information content (AvgIpc) is 3.36. The Balaban J connectivity index is 1.29. The Labute approximate surface area is 158 Å². The number of likely N-dealkylation sites (tertiary alicyclic amines) is 1. The number of halogens is 1. The zero-order valence-corrected chi connectivity index (χ0v) is 15.4. The third-order valence-corrected chi connectivity index (χ3v) is 5.54. The van der Waals surface area contributed by atoms with Crippen molar-refractivity contribution in [3.8, 4) is 0 Å². The van der Waals surface area contributed by atoms with E-state index in [9.17, 15) is 9.18 Å². The lowest BCUT2D eigenvalue weighted by molar-refractivity contribution is 0.0683. The normalized spacial score (nSPS) is 20.9. The van der Waals surface area contributed by atoms with Crippen LogP contribution in [0.5, 0.6) is 0 Å². The molecular weight excluding hydrogens is 347 g/mol. The fraction of sp³-hybridized carbons (Fsp3) is 0.550. The van der Waals surface area contributed by atoms with E-state index in [-0.39, 0.29) is 17.8 Å². The minimum Gasteiger partial charge on any atom is -0.376 e. The van der Waals surface area contributed by atoms with Gasteiger partial charge < -0.3 is 9.64 Å². The van der Waals surface area contributed by atoms with Gasteiger partial charge >= 0.3 is 0 Å². The first-order chi connectivity index (χ1) is 13.2. The maximum absolute atomic E-state index is 13.8. The van der Waals surface area contributed by atoms with Crippen LogP contribution in [0.1, 0.15) is 41.7 Å². The fourth-order valence-corrected chi connectivity index (χ4v) is 3.96. The zero-order valence-electron chi connectivity index (χ0n) is 15.4. The van der Waals surface area contributed by atoms with Gasteiger partial charge in [-0.2, -0.15) is 0 Å². The highest BCUT2D eigenvalue weighted by Gasteiger charge is 2.26. The summed E-state index contributed by atoms with van der Waals surface area (Å²) < 4.78 is 21.1. The van der Waals surface area contributed by atoms with Crippen LogP contribution < -0.4 is 0 Å². The number of hydrogen-bond donors (Lipinski definition) is 0. The molecule has 1 amide bonds. The van der Waals surface area contributed by atoms with Gasteiger partial charge in [-0.15, -0.1) is 5.10 Å². The number of benzene rings is 1. The van der Waals surface area contributed by atoms with Gasteiger partial charge in [0.05, 0.1) is 18.8 Å². The summed E-state index contributed by atoms with van der Waals surface area (Å²) in [5, 5.41) is 8.12. The van der Waals surface area contributed by atoms with Gasteiger partial charge in [-0.1, -0.05) is 23.4 Å². The molecule has 1 aromatic heterocycles. The van der Waals surface area contributed by atoms with Crippen LogP contribution >= 0.6 is 0 Å². The summed E-state index contributed by atoms with van der Waals surface area (Å²) in [6.45, 7) is 2.80. The molecule has 7 heteroatoms. The molecule has 0 N–H and O–H groups in total. The molecule has 2 aliphatic rings. The van der Waals surface area contributed by atoms with Gasteiger partial charge in [0.15, 0.2) is 5.69 Å². The summed E-state index contributed by atoms with van der Waals surface area (Å²) >= 11 is 0. The largest absolute Gasteiger partial charge is 0.376 e. The molecule has 0 bridgehead atoms. The fourth-order valence-electron chi connectivity index (χ4n) is 3.96. The van der Waals surface area contributed by atoms with Gasteiger partial charge in [-0.3, -0.25) is 4.79 Å². The summed E-state index contributed by atoms with van der Waals surface area (Å²) in [5.74, 6) is 0.193. The Hall–Kier alpha value is -2.28. The SMILES string of the molecule is O=C(c1cn(CC2CCCO2)nn1)N1CCC(Cc2ccccc2F)CC1. The number of aromatic nitrogens is 3. The molecule has 0 spiro atoms. The van der Waals surface area contributed by atoms with Crippen molar-refractivity contribution >= 4 is 5.91 Å². The molecule has 0 saturated carbocycles. The van der Waals surface area contributed by atoms with Gasteiger partial charge in [-0.05, 0) is 49.7 Å². The summed E-state index contributed by atoms with van der Waals surface area (Å²) in [5.41, 5.74) is 1.15. The summed E-state index contributed by atoms with van der Waals surface area (Å²) in [6.07, 6.45) is 6.48. The van der Waals surface area contributed by atoms with Gasteiger partial charge in [0.1, 0.15) is 5.82 Å². The number of nitrogens with zero attached hydrogens (tertiary/aromatic N) is 4. The van der Waals surface area contributed by atoms with E-state index in [1.165, 1.54) is 6.07 Å². The smallest absolute Gasteiger partial charge is 0.276 e. The summed E-state index contributed by atoms with van der Waals surface area (Å²) in [7, 11) is 0. The van der Waals surface area contributed by atoms with Crippen LogP contribution in [0.25, 0.3) is 0 Å². The molecule has 2 saturated heterocycles. The van der Waals surface area contributed by atoms with E-state index in [0.29, 0.717) is 31.2 Å². The highest BCUT2D eigenvalue weighted by Crippen LogP contribution is 2.24. The first kappa shape index (κ1) is 18.1. The van der Waals surface area contributed by atoms with Crippen LogP contribution in [0.4, 0.5) is 4.39 Å². The van der Waals surface area contributed by atoms with Gasteiger partial charge in [0.25, 0.3) is 5.91 Å². The maximum atomic E-state index is 13.8. The number of ether oxygens (including phenoxy) is 1. The molecule has 1 aromatic carbocycles. The first-order valence-electron chi connectivity index (χ1n) is 9.73. The molecule has 6 nitrogen and oxygen atoms in total. The lowest BCUT2D eigenvalue weighted by atomic mass is 9.90. The topological polar surface area (TPSA) is 60.3 Å². The van der Waals surface area contributed by atoms with Crippen molar-refractivity contribution in [3.63, 3.8) is 0 Å². The molecule has 3 heterocycles. The summed E-state index contributed by atoms with van der Waals surface area (Å²) in [6, 6.07) is 6.94. The number of carbonyl (C=O) groups excluding carboxylic acids is 1. The van der Waals surface area contributed by atoms with Crippen molar-refractivity contribution < 1.29 is 13.9 Å². The molecule has 2 aromatic rings. The Morgan fingerprint density at radius 3 is 2.78 bits per heavy atom. The van der Waals surface area contributed by atoms with Gasteiger partial charge in [0, 0.05) is 19.7 Å². The van der Waals surface area contributed by atoms with Crippen molar-refractivity contribution in [1.29, 1.82) is 0 Å². The highest BCUT2D eigenvalue weighted by molar-refractivity contribution is 5.91. The van der Waals surface area contributed by atoms with E-state index in [4.69, 9.17) is 4.74 Å². The number of hydrogen-bond acceptors (Lipinski definition) is 4. The van der Waals surface area contributed by atoms with Crippen LogP contribution in [-0.2, 0) is 17.7 Å². The Kier molecular flexibility index (Phi) is 5.48. The van der Waals surface area contributed by atoms with E-state index >= 15 is 0 Å². The van der Waals surface area contributed by atoms with Gasteiger partial charge in [-0.25, -0.2) is 9.07 Å². The molecule has 1 atom stereocenters. The standard InChI is InChI=1S/C20H25FN4O2/c21-18-6-2-1-4-16(18)12-15-7-9-24(10-8-15)20(26)19-14-25(23-22-19)13-17-5-3-11-27-17/h1-2,4,6,14-15,17H,3,5,7-13H2. The zero-order chi connectivity index (χ0) is 18.6. The van der Waals surface area contributed by atoms with Crippen LogP contribution in [-0.4, -0.2) is 51.6 Å². The number of rotatable bonds is 5. The first-order valence-corrected chi connectivity index (χ1v) is 9.73. The average molecular weight is 372 g/mol.